The van der Waals surface area contributed by atoms with E-state index >= 15 is 0 Å². The summed E-state index contributed by atoms with van der Waals surface area (Å²) in [5.74, 6) is 0. The molecular weight excluding hydrogens is 162 g/mol. The molecule has 0 amide bonds. The fraction of sp³-hybridized carbons (Fsp3) is 0.400. The quantitative estimate of drug-likeness (QED) is 0.670. The molecule has 0 N–H and O–H groups in total. The number of hydrogen-bond donors (Lipinski definition) is 0. The van der Waals surface area contributed by atoms with Gasteiger partial charge in [0.2, 0.25) is 0 Å². The Morgan fingerprint density at radius 1 is 1.31 bits per heavy atom. The van der Waals surface area contributed by atoms with Crippen molar-refractivity contribution in [3.8, 4) is 0 Å². The third-order valence-corrected chi connectivity index (χ3v) is 1.72. The van der Waals surface area contributed by atoms with Gasteiger partial charge in [-0.15, -0.1) is 0 Å². The summed E-state index contributed by atoms with van der Waals surface area (Å²) in [6.45, 7) is 7.00. The third kappa shape index (κ3) is 1.86. The standard InChI is InChI=1S/C8H9N3.C2H6/c1-2-11-6-10-7-4-3-5-9-8(7)11;1-2/h3-6H,2H2,1H3;1-2H3. The molecule has 2 aromatic heterocycles. The first-order valence-corrected chi connectivity index (χ1v) is 4.67. The van der Waals surface area contributed by atoms with Gasteiger partial charge < -0.3 is 4.57 Å². The van der Waals surface area contributed by atoms with E-state index in [1.54, 1.807) is 6.20 Å². The Labute approximate surface area is 78.4 Å². The van der Waals surface area contributed by atoms with Crippen molar-refractivity contribution in [1.29, 1.82) is 0 Å². The van der Waals surface area contributed by atoms with E-state index in [-0.39, 0.29) is 0 Å². The van der Waals surface area contributed by atoms with E-state index in [0.717, 1.165) is 17.7 Å². The molecule has 0 bridgehead atoms. The second kappa shape index (κ2) is 4.60. The zero-order chi connectivity index (χ0) is 9.68. The molecule has 0 atom stereocenters. The third-order valence-electron chi connectivity index (χ3n) is 1.72. The van der Waals surface area contributed by atoms with Crippen molar-refractivity contribution in [3.63, 3.8) is 0 Å². The summed E-state index contributed by atoms with van der Waals surface area (Å²) in [5.41, 5.74) is 1.93. The minimum atomic E-state index is 0.924. The zero-order valence-corrected chi connectivity index (χ0v) is 8.36. The summed E-state index contributed by atoms with van der Waals surface area (Å²) in [6.07, 6.45) is 3.60. The van der Waals surface area contributed by atoms with Crippen LogP contribution in [-0.2, 0) is 6.54 Å². The monoisotopic (exact) mass is 177 g/mol. The maximum Gasteiger partial charge on any atom is 0.159 e. The van der Waals surface area contributed by atoms with Crippen molar-refractivity contribution >= 4 is 11.2 Å². The first-order chi connectivity index (χ1) is 6.42. The molecule has 70 valence electrons. The van der Waals surface area contributed by atoms with E-state index in [9.17, 15) is 0 Å². The number of hydrogen-bond acceptors (Lipinski definition) is 2. The smallest absolute Gasteiger partial charge is 0.159 e. The molecule has 0 fully saturated rings. The van der Waals surface area contributed by atoms with Gasteiger partial charge in [0.05, 0.1) is 6.33 Å². The summed E-state index contributed by atoms with van der Waals surface area (Å²) in [7, 11) is 0. The number of aromatic nitrogens is 3. The van der Waals surface area contributed by atoms with Crippen LogP contribution >= 0.6 is 0 Å². The van der Waals surface area contributed by atoms with Crippen molar-refractivity contribution in [3.05, 3.63) is 24.7 Å². The SMILES string of the molecule is CC.CCn1cnc2cccnc21. The summed E-state index contributed by atoms with van der Waals surface area (Å²) in [5, 5.41) is 0. The predicted molar refractivity (Wildman–Crippen MR) is 54.6 cm³/mol. The highest BCUT2D eigenvalue weighted by atomic mass is 15.1. The van der Waals surface area contributed by atoms with E-state index in [1.807, 2.05) is 36.9 Å². The molecule has 0 spiro atoms. The van der Waals surface area contributed by atoms with Crippen LogP contribution in [0.2, 0.25) is 0 Å². The average molecular weight is 177 g/mol. The van der Waals surface area contributed by atoms with Crippen LogP contribution in [0.15, 0.2) is 24.7 Å². The number of imidazole rings is 1. The predicted octanol–water partition coefficient (Wildman–Crippen LogP) is 2.48. The Morgan fingerprint density at radius 2 is 2.08 bits per heavy atom. The number of nitrogens with zero attached hydrogens (tertiary/aromatic N) is 3. The van der Waals surface area contributed by atoms with E-state index in [2.05, 4.69) is 16.9 Å². The van der Waals surface area contributed by atoms with Crippen LogP contribution in [-0.4, -0.2) is 14.5 Å². The molecule has 0 aliphatic rings. The molecule has 0 saturated heterocycles. The van der Waals surface area contributed by atoms with Crippen molar-refractivity contribution in [2.45, 2.75) is 27.3 Å². The van der Waals surface area contributed by atoms with Crippen molar-refractivity contribution in [2.24, 2.45) is 0 Å². The van der Waals surface area contributed by atoms with Crippen LogP contribution in [0.3, 0.4) is 0 Å². The van der Waals surface area contributed by atoms with Gasteiger partial charge in [0.25, 0.3) is 0 Å². The van der Waals surface area contributed by atoms with Crippen LogP contribution < -0.4 is 0 Å². The molecule has 0 aliphatic heterocycles. The lowest BCUT2D eigenvalue weighted by Gasteiger charge is -1.94. The molecule has 2 heterocycles. The average Bonchev–Trinajstić information content (AvgIpc) is 2.64. The topological polar surface area (TPSA) is 30.7 Å². The molecule has 0 aliphatic carbocycles. The number of aryl methyl sites for hydroxylation is 1. The Hall–Kier alpha value is -1.38. The summed E-state index contributed by atoms with van der Waals surface area (Å²) in [4.78, 5) is 8.40. The van der Waals surface area contributed by atoms with Crippen LogP contribution in [0.5, 0.6) is 0 Å². The van der Waals surface area contributed by atoms with Gasteiger partial charge in [-0.05, 0) is 19.1 Å². The van der Waals surface area contributed by atoms with Gasteiger partial charge in [-0.25, -0.2) is 9.97 Å². The first-order valence-electron chi connectivity index (χ1n) is 4.67. The van der Waals surface area contributed by atoms with Crippen LogP contribution in [0.25, 0.3) is 11.2 Å². The second-order valence-electron chi connectivity index (χ2n) is 2.38. The van der Waals surface area contributed by atoms with Crippen LogP contribution in [0.1, 0.15) is 20.8 Å². The fourth-order valence-corrected chi connectivity index (χ4v) is 1.13. The largest absolute Gasteiger partial charge is 0.316 e. The molecule has 0 aromatic carbocycles. The molecule has 3 heteroatoms. The van der Waals surface area contributed by atoms with Gasteiger partial charge >= 0.3 is 0 Å². The van der Waals surface area contributed by atoms with Crippen LogP contribution in [0, 0.1) is 0 Å². The van der Waals surface area contributed by atoms with E-state index in [1.165, 1.54) is 0 Å². The lowest BCUT2D eigenvalue weighted by Crippen LogP contribution is -1.91. The Balaban J connectivity index is 0.000000396. The van der Waals surface area contributed by atoms with Gasteiger partial charge in [-0.3, -0.25) is 0 Å². The lowest BCUT2D eigenvalue weighted by atomic mass is 10.4. The highest BCUT2D eigenvalue weighted by Crippen LogP contribution is 2.07. The van der Waals surface area contributed by atoms with Crippen molar-refractivity contribution in [1.82, 2.24) is 14.5 Å². The minimum Gasteiger partial charge on any atom is -0.316 e. The summed E-state index contributed by atoms with van der Waals surface area (Å²) >= 11 is 0. The summed E-state index contributed by atoms with van der Waals surface area (Å²) in [6, 6.07) is 3.86. The Morgan fingerprint density at radius 3 is 2.77 bits per heavy atom. The molecule has 0 radical (unpaired) electrons. The molecule has 2 rings (SSSR count). The van der Waals surface area contributed by atoms with Gasteiger partial charge in [0.15, 0.2) is 5.65 Å². The summed E-state index contributed by atoms with van der Waals surface area (Å²) < 4.78 is 2.02. The van der Waals surface area contributed by atoms with E-state index < -0.39 is 0 Å². The maximum absolute atomic E-state index is 4.21. The Bertz CT molecular complexity index is 365. The molecule has 13 heavy (non-hydrogen) atoms. The van der Waals surface area contributed by atoms with Gasteiger partial charge in [0.1, 0.15) is 5.52 Å². The lowest BCUT2D eigenvalue weighted by molar-refractivity contribution is 0.778. The molecule has 0 unspecified atom stereocenters. The molecule has 0 saturated carbocycles. The number of fused-ring (bicyclic) bond motifs is 1. The van der Waals surface area contributed by atoms with E-state index in [4.69, 9.17) is 0 Å². The first kappa shape index (κ1) is 9.71. The fourth-order valence-electron chi connectivity index (χ4n) is 1.13. The van der Waals surface area contributed by atoms with Gasteiger partial charge in [-0.1, -0.05) is 13.8 Å². The normalized spacial score (nSPS) is 9.46. The van der Waals surface area contributed by atoms with Crippen molar-refractivity contribution < 1.29 is 0 Å². The molecule has 3 nitrogen and oxygen atoms in total. The van der Waals surface area contributed by atoms with Gasteiger partial charge in [-0.2, -0.15) is 0 Å². The molecular formula is C10H15N3. The highest BCUT2D eigenvalue weighted by molar-refractivity contribution is 5.69. The maximum atomic E-state index is 4.21. The Kier molecular flexibility index (Phi) is 3.43. The minimum absolute atomic E-state index is 0.924. The number of pyridine rings is 1. The second-order valence-corrected chi connectivity index (χ2v) is 2.38. The number of rotatable bonds is 1. The van der Waals surface area contributed by atoms with E-state index in [0.29, 0.717) is 0 Å². The zero-order valence-electron chi connectivity index (χ0n) is 8.36. The molecule has 2 aromatic rings. The van der Waals surface area contributed by atoms with Gasteiger partial charge in [0, 0.05) is 12.7 Å². The van der Waals surface area contributed by atoms with Crippen molar-refractivity contribution in [2.75, 3.05) is 0 Å². The van der Waals surface area contributed by atoms with Crippen LogP contribution in [0.4, 0.5) is 0 Å². The highest BCUT2D eigenvalue weighted by Gasteiger charge is 1.98.